The molecule has 0 spiro atoms. The van der Waals surface area contributed by atoms with Gasteiger partial charge in [-0.3, -0.25) is 14.5 Å². The number of carboxylic acid groups (broad SMARTS) is 1. The van der Waals surface area contributed by atoms with Gasteiger partial charge < -0.3 is 24.6 Å². The van der Waals surface area contributed by atoms with E-state index >= 15 is 0 Å². The number of carboxylic acids is 1. The number of nitrogens with one attached hydrogen (secondary N) is 1. The van der Waals surface area contributed by atoms with Crippen LogP contribution in [0.5, 0.6) is 17.2 Å². The molecule has 0 saturated carbocycles. The highest BCUT2D eigenvalue weighted by molar-refractivity contribution is 5.94. The summed E-state index contributed by atoms with van der Waals surface area (Å²) < 4.78 is 31.4. The molecular weight excluding hydrogens is 539 g/mol. The van der Waals surface area contributed by atoms with Gasteiger partial charge in [0.25, 0.3) is 0 Å². The Kier molecular flexibility index (Phi) is 7.77. The van der Waals surface area contributed by atoms with Crippen LogP contribution in [0, 0.1) is 11.7 Å². The van der Waals surface area contributed by atoms with E-state index in [4.69, 9.17) is 14.2 Å². The van der Waals surface area contributed by atoms with Crippen molar-refractivity contribution in [2.45, 2.75) is 45.1 Å². The van der Waals surface area contributed by atoms with Crippen LogP contribution in [0.25, 0.3) is 0 Å². The third-order valence-corrected chi connectivity index (χ3v) is 8.57. The van der Waals surface area contributed by atoms with Crippen molar-refractivity contribution in [1.82, 2.24) is 4.90 Å². The molecule has 0 bridgehead atoms. The van der Waals surface area contributed by atoms with Crippen LogP contribution in [0.1, 0.15) is 53.6 Å². The Labute approximate surface area is 244 Å². The van der Waals surface area contributed by atoms with E-state index in [-0.39, 0.29) is 18.3 Å². The quantitative estimate of drug-likeness (QED) is 0.385. The van der Waals surface area contributed by atoms with E-state index in [0.717, 1.165) is 40.0 Å². The summed E-state index contributed by atoms with van der Waals surface area (Å²) in [6.45, 7) is 5.67. The normalized spacial score (nSPS) is 21.1. The van der Waals surface area contributed by atoms with Crippen molar-refractivity contribution in [2.24, 2.45) is 5.92 Å². The number of hydrogen-bond donors (Lipinski definition) is 2. The zero-order valence-corrected chi connectivity index (χ0v) is 23.8. The first-order chi connectivity index (χ1) is 20.4. The number of hydrogen-bond acceptors (Lipinski definition) is 6. The Bertz CT molecular complexity index is 1500. The van der Waals surface area contributed by atoms with E-state index in [2.05, 4.69) is 5.32 Å². The van der Waals surface area contributed by atoms with E-state index < -0.39 is 23.8 Å². The molecule has 3 heterocycles. The Morgan fingerprint density at radius 2 is 1.57 bits per heavy atom. The standard InChI is InChI=1S/C33H35FN2O6/c1-3-19-14-24(34)15-20(4-2)31(19)35-29(37)18-36-17-25(21-5-8-27-28(16-21)42-12-11-41-27)30(33(38)39)32(36)23-6-7-26-22(13-23)9-10-40-26/h5-8,13-16,25,30,32H,3-4,9-12,17-18H2,1-2H3,(H,35,37)(H,38,39)/t25-,30?,32+/m1/s1. The molecule has 1 unspecified atom stereocenters. The van der Waals surface area contributed by atoms with Gasteiger partial charge in [-0.05, 0) is 71.0 Å². The lowest BCUT2D eigenvalue weighted by atomic mass is 9.82. The number of ether oxygens (including phenoxy) is 3. The Hall–Kier alpha value is -4.11. The molecule has 2 N–H and O–H groups in total. The maximum Gasteiger partial charge on any atom is 0.309 e. The second-order valence-electron chi connectivity index (χ2n) is 11.1. The van der Waals surface area contributed by atoms with Crippen molar-refractivity contribution >= 4 is 17.6 Å². The van der Waals surface area contributed by atoms with Crippen LogP contribution in [0.3, 0.4) is 0 Å². The predicted molar refractivity (Wildman–Crippen MR) is 155 cm³/mol. The van der Waals surface area contributed by atoms with Crippen LogP contribution in [0.2, 0.25) is 0 Å². The lowest BCUT2D eigenvalue weighted by Crippen LogP contribution is -2.35. The van der Waals surface area contributed by atoms with Gasteiger partial charge in [-0.25, -0.2) is 4.39 Å². The zero-order valence-electron chi connectivity index (χ0n) is 23.8. The van der Waals surface area contributed by atoms with Gasteiger partial charge in [0.05, 0.1) is 19.1 Å². The van der Waals surface area contributed by atoms with Crippen molar-refractivity contribution in [3.8, 4) is 17.2 Å². The average molecular weight is 575 g/mol. The first-order valence-corrected chi connectivity index (χ1v) is 14.6. The third kappa shape index (κ3) is 5.29. The second kappa shape index (κ2) is 11.6. The molecule has 220 valence electrons. The molecule has 3 aromatic rings. The van der Waals surface area contributed by atoms with Gasteiger partial charge in [-0.2, -0.15) is 0 Å². The molecule has 3 aliphatic heterocycles. The fourth-order valence-corrected chi connectivity index (χ4v) is 6.62. The van der Waals surface area contributed by atoms with E-state index in [0.29, 0.717) is 56.4 Å². The molecule has 6 rings (SSSR count). The van der Waals surface area contributed by atoms with Gasteiger partial charge >= 0.3 is 5.97 Å². The van der Waals surface area contributed by atoms with Crippen LogP contribution in [0.15, 0.2) is 48.5 Å². The second-order valence-corrected chi connectivity index (χ2v) is 11.1. The highest BCUT2D eigenvalue weighted by Crippen LogP contribution is 2.48. The first kappa shape index (κ1) is 28.0. The molecule has 0 aliphatic carbocycles. The van der Waals surface area contributed by atoms with Crippen LogP contribution < -0.4 is 19.5 Å². The molecule has 0 radical (unpaired) electrons. The minimum atomic E-state index is -0.931. The fraction of sp³-hybridized carbons (Fsp3) is 0.394. The smallest absolute Gasteiger partial charge is 0.309 e. The van der Waals surface area contributed by atoms with Gasteiger partial charge in [0.15, 0.2) is 11.5 Å². The van der Waals surface area contributed by atoms with Crippen molar-refractivity contribution in [1.29, 1.82) is 0 Å². The Balaban J connectivity index is 1.35. The number of aliphatic carboxylic acids is 1. The number of benzene rings is 3. The Morgan fingerprint density at radius 1 is 0.905 bits per heavy atom. The molecular formula is C33H35FN2O6. The molecule has 1 amide bonds. The first-order valence-electron chi connectivity index (χ1n) is 14.6. The number of halogens is 1. The van der Waals surface area contributed by atoms with Crippen molar-refractivity contribution in [2.75, 3.05) is 38.2 Å². The molecule has 3 aromatic carbocycles. The van der Waals surface area contributed by atoms with E-state index in [1.165, 1.54) is 12.1 Å². The summed E-state index contributed by atoms with van der Waals surface area (Å²) in [4.78, 5) is 28.5. The molecule has 9 heteroatoms. The number of anilines is 1. The highest BCUT2D eigenvalue weighted by Gasteiger charge is 2.48. The molecule has 1 saturated heterocycles. The molecule has 0 aromatic heterocycles. The van der Waals surface area contributed by atoms with Gasteiger partial charge in [-0.15, -0.1) is 0 Å². The molecule has 3 atom stereocenters. The van der Waals surface area contributed by atoms with Crippen LogP contribution >= 0.6 is 0 Å². The summed E-state index contributed by atoms with van der Waals surface area (Å²) in [5.74, 6) is -0.694. The summed E-state index contributed by atoms with van der Waals surface area (Å²) >= 11 is 0. The molecule has 8 nitrogen and oxygen atoms in total. The minimum absolute atomic E-state index is 0.0211. The third-order valence-electron chi connectivity index (χ3n) is 8.57. The predicted octanol–water partition coefficient (Wildman–Crippen LogP) is 5.14. The summed E-state index contributed by atoms with van der Waals surface area (Å²) in [7, 11) is 0. The number of amides is 1. The van der Waals surface area contributed by atoms with Gasteiger partial charge in [-0.1, -0.05) is 32.0 Å². The maximum atomic E-state index is 14.2. The lowest BCUT2D eigenvalue weighted by molar-refractivity contribution is -0.143. The summed E-state index contributed by atoms with van der Waals surface area (Å²) in [6.07, 6.45) is 1.89. The highest BCUT2D eigenvalue weighted by atomic mass is 19.1. The van der Waals surface area contributed by atoms with E-state index in [1.807, 2.05) is 55.1 Å². The fourth-order valence-electron chi connectivity index (χ4n) is 6.62. The van der Waals surface area contributed by atoms with Gasteiger partial charge in [0.2, 0.25) is 5.91 Å². The monoisotopic (exact) mass is 574 g/mol. The van der Waals surface area contributed by atoms with E-state index in [1.54, 1.807) is 0 Å². The van der Waals surface area contributed by atoms with Crippen LogP contribution in [0.4, 0.5) is 10.1 Å². The van der Waals surface area contributed by atoms with Crippen molar-refractivity contribution in [3.05, 3.63) is 82.2 Å². The topological polar surface area (TPSA) is 97.3 Å². The number of carbonyl (C=O) groups excluding carboxylic acids is 1. The largest absolute Gasteiger partial charge is 0.493 e. The lowest BCUT2D eigenvalue weighted by Gasteiger charge is -2.27. The van der Waals surface area contributed by atoms with Crippen LogP contribution in [-0.2, 0) is 28.9 Å². The maximum absolute atomic E-state index is 14.2. The molecule has 3 aliphatic rings. The number of rotatable bonds is 8. The minimum Gasteiger partial charge on any atom is -0.493 e. The number of fused-ring (bicyclic) bond motifs is 2. The van der Waals surface area contributed by atoms with Crippen LogP contribution in [-0.4, -0.2) is 54.8 Å². The summed E-state index contributed by atoms with van der Waals surface area (Å²) in [5.41, 5.74) is 4.79. The number of likely N-dealkylation sites (tertiary alicyclic amines) is 1. The number of nitrogens with zero attached hydrogens (tertiary/aromatic N) is 1. The summed E-state index contributed by atoms with van der Waals surface area (Å²) in [6, 6.07) is 13.8. The van der Waals surface area contributed by atoms with Crippen molar-refractivity contribution in [3.63, 3.8) is 0 Å². The number of aryl methyl sites for hydroxylation is 2. The van der Waals surface area contributed by atoms with Gasteiger partial charge in [0, 0.05) is 30.6 Å². The average Bonchev–Trinajstić information content (AvgIpc) is 3.62. The number of carbonyl (C=O) groups is 2. The zero-order chi connectivity index (χ0) is 29.4. The summed E-state index contributed by atoms with van der Waals surface area (Å²) in [5, 5.41) is 13.7. The molecule has 1 fully saturated rings. The van der Waals surface area contributed by atoms with Crippen molar-refractivity contribution < 1.29 is 33.3 Å². The van der Waals surface area contributed by atoms with Gasteiger partial charge in [0.1, 0.15) is 24.8 Å². The Morgan fingerprint density at radius 3 is 2.29 bits per heavy atom. The SMILES string of the molecule is CCc1cc(F)cc(CC)c1NC(=O)CN1C[C@H](c2ccc3c(c2)OCCO3)C(C(=O)O)[C@@H]1c1ccc2c(c1)CCO2. The van der Waals surface area contributed by atoms with E-state index in [9.17, 15) is 19.1 Å². The molecule has 42 heavy (non-hydrogen) atoms.